The first-order valence-corrected chi connectivity index (χ1v) is 9.45. The fourth-order valence-electron chi connectivity index (χ4n) is 1.80. The lowest BCUT2D eigenvalue weighted by Crippen LogP contribution is -2.46. The Kier molecular flexibility index (Phi) is 7.69. The third-order valence-electron chi connectivity index (χ3n) is 3.08. The van der Waals surface area contributed by atoms with E-state index in [1.54, 1.807) is 13.8 Å². The third kappa shape index (κ3) is 7.18. The summed E-state index contributed by atoms with van der Waals surface area (Å²) in [4.78, 5) is 34.7. The van der Waals surface area contributed by atoms with E-state index >= 15 is 0 Å². The van der Waals surface area contributed by atoms with Crippen molar-refractivity contribution in [3.8, 4) is 0 Å². The Balaban J connectivity index is 2.51. The molecule has 1 aromatic rings. The molecule has 8 nitrogen and oxygen atoms in total. The highest BCUT2D eigenvalue weighted by Crippen LogP contribution is 2.13. The minimum absolute atomic E-state index is 0.122. The minimum Gasteiger partial charge on any atom is -0.453 e. The van der Waals surface area contributed by atoms with Crippen LogP contribution in [0.3, 0.4) is 0 Å². The summed E-state index contributed by atoms with van der Waals surface area (Å²) in [6.07, 6.45) is -1.76. The van der Waals surface area contributed by atoms with Crippen LogP contribution < -0.4 is 10.6 Å². The van der Waals surface area contributed by atoms with Crippen molar-refractivity contribution < 1.29 is 31.9 Å². The van der Waals surface area contributed by atoms with Crippen LogP contribution >= 0.6 is 0 Å². The van der Waals surface area contributed by atoms with Crippen LogP contribution in [0.25, 0.3) is 0 Å². The van der Waals surface area contributed by atoms with Gasteiger partial charge in [0, 0.05) is 6.04 Å². The smallest absolute Gasteiger partial charge is 0.321 e. The first kappa shape index (κ1) is 21.6. The lowest BCUT2D eigenvalue weighted by atomic mass is 10.3. The normalized spacial score (nSPS) is 12.3. The molecule has 2 N–H and O–H groups in total. The predicted octanol–water partition coefficient (Wildman–Crippen LogP) is 1.16. The van der Waals surface area contributed by atoms with E-state index in [2.05, 4.69) is 5.32 Å². The molecule has 0 heterocycles. The Morgan fingerprint density at radius 2 is 1.69 bits per heavy atom. The first-order valence-electron chi connectivity index (χ1n) is 7.80. The number of esters is 1. The Morgan fingerprint density at radius 1 is 1.12 bits per heavy atom. The fraction of sp³-hybridized carbons (Fsp3) is 0.438. The molecular formula is C16H21FN2O6S. The molecule has 1 aromatic carbocycles. The van der Waals surface area contributed by atoms with Crippen LogP contribution in [0.1, 0.15) is 27.2 Å². The molecule has 3 amide bonds. The number of rotatable bonds is 7. The zero-order valence-electron chi connectivity index (χ0n) is 14.6. The second-order valence-electron chi connectivity index (χ2n) is 5.77. The second-order valence-corrected chi connectivity index (χ2v) is 7.88. The van der Waals surface area contributed by atoms with E-state index in [9.17, 15) is 27.2 Å². The van der Waals surface area contributed by atoms with E-state index < -0.39 is 51.8 Å². The number of urea groups is 1. The molecule has 0 radical (unpaired) electrons. The zero-order chi connectivity index (χ0) is 19.9. The Morgan fingerprint density at radius 3 is 2.23 bits per heavy atom. The maximum atomic E-state index is 12.8. The van der Waals surface area contributed by atoms with Gasteiger partial charge in [-0.3, -0.25) is 14.9 Å². The average molecular weight is 388 g/mol. The molecule has 0 unspecified atom stereocenters. The van der Waals surface area contributed by atoms with Gasteiger partial charge in [0.25, 0.3) is 5.91 Å². The number of carbonyl (C=O) groups is 3. The zero-order valence-corrected chi connectivity index (χ0v) is 15.4. The minimum atomic E-state index is -3.79. The largest absolute Gasteiger partial charge is 0.453 e. The van der Waals surface area contributed by atoms with Crippen molar-refractivity contribution in [2.45, 2.75) is 44.2 Å². The van der Waals surface area contributed by atoms with Gasteiger partial charge in [0.15, 0.2) is 15.9 Å². The fourth-order valence-corrected chi connectivity index (χ4v) is 3.02. The molecule has 0 aromatic heterocycles. The van der Waals surface area contributed by atoms with Crippen LogP contribution in [0.2, 0.25) is 0 Å². The molecule has 26 heavy (non-hydrogen) atoms. The number of sulfone groups is 1. The number of nitrogens with one attached hydrogen (secondary N) is 2. The molecule has 0 saturated heterocycles. The lowest BCUT2D eigenvalue weighted by molar-refractivity contribution is -0.154. The summed E-state index contributed by atoms with van der Waals surface area (Å²) in [6, 6.07) is 3.28. The molecule has 0 fully saturated rings. The SMILES string of the molecule is CC(C)NC(=O)NC(=O)[C@H](C)OC(=O)CCS(=O)(=O)c1ccc(F)cc1. The van der Waals surface area contributed by atoms with E-state index in [4.69, 9.17) is 4.74 Å². The summed E-state index contributed by atoms with van der Waals surface area (Å²) in [5.41, 5.74) is 0. The average Bonchev–Trinajstić information content (AvgIpc) is 2.52. The summed E-state index contributed by atoms with van der Waals surface area (Å²) in [7, 11) is -3.79. The monoisotopic (exact) mass is 388 g/mol. The Labute approximate surface area is 151 Å². The molecule has 0 bridgehead atoms. The molecule has 0 saturated carbocycles. The van der Waals surface area contributed by atoms with Crippen molar-refractivity contribution in [3.63, 3.8) is 0 Å². The summed E-state index contributed by atoms with van der Waals surface area (Å²) in [5, 5.41) is 4.43. The Bertz CT molecular complexity index is 761. The highest BCUT2D eigenvalue weighted by Gasteiger charge is 2.22. The van der Waals surface area contributed by atoms with Crippen LogP contribution in [-0.4, -0.2) is 44.2 Å². The van der Waals surface area contributed by atoms with E-state index in [-0.39, 0.29) is 10.9 Å². The molecule has 144 valence electrons. The van der Waals surface area contributed by atoms with Crippen LogP contribution in [0.4, 0.5) is 9.18 Å². The van der Waals surface area contributed by atoms with Gasteiger partial charge in [-0.15, -0.1) is 0 Å². The lowest BCUT2D eigenvalue weighted by Gasteiger charge is -2.14. The van der Waals surface area contributed by atoms with Gasteiger partial charge in [-0.2, -0.15) is 0 Å². The molecule has 1 rings (SSSR count). The van der Waals surface area contributed by atoms with Gasteiger partial charge in [-0.1, -0.05) is 0 Å². The Hall–Kier alpha value is -2.49. The highest BCUT2D eigenvalue weighted by molar-refractivity contribution is 7.91. The van der Waals surface area contributed by atoms with E-state index in [1.807, 2.05) is 5.32 Å². The molecule has 0 aliphatic rings. The van der Waals surface area contributed by atoms with Crippen LogP contribution in [0.15, 0.2) is 29.2 Å². The quantitative estimate of drug-likeness (QED) is 0.534. The van der Waals surface area contributed by atoms with Crippen molar-refractivity contribution in [1.29, 1.82) is 0 Å². The van der Waals surface area contributed by atoms with Gasteiger partial charge in [-0.05, 0) is 45.0 Å². The summed E-state index contributed by atoms with van der Waals surface area (Å²) in [5.74, 6) is -2.88. The van der Waals surface area contributed by atoms with Gasteiger partial charge in [0.1, 0.15) is 5.82 Å². The number of halogens is 1. The topological polar surface area (TPSA) is 119 Å². The van der Waals surface area contributed by atoms with Crippen LogP contribution in [0, 0.1) is 5.82 Å². The van der Waals surface area contributed by atoms with Crippen molar-refractivity contribution in [1.82, 2.24) is 10.6 Å². The second kappa shape index (κ2) is 9.27. The molecule has 0 spiro atoms. The number of benzene rings is 1. The summed E-state index contributed by atoms with van der Waals surface area (Å²) < 4.78 is 41.8. The number of imide groups is 1. The van der Waals surface area contributed by atoms with Crippen LogP contribution in [-0.2, 0) is 24.2 Å². The maximum absolute atomic E-state index is 12.8. The first-order chi connectivity index (χ1) is 12.0. The summed E-state index contributed by atoms with van der Waals surface area (Å²) >= 11 is 0. The van der Waals surface area contributed by atoms with Gasteiger partial charge in [-0.25, -0.2) is 17.6 Å². The highest BCUT2D eigenvalue weighted by atomic mass is 32.2. The third-order valence-corrected chi connectivity index (χ3v) is 4.81. The number of hydrogen-bond acceptors (Lipinski definition) is 6. The number of hydrogen-bond donors (Lipinski definition) is 2. The van der Waals surface area contributed by atoms with E-state index in [1.165, 1.54) is 6.92 Å². The molecule has 0 aliphatic heterocycles. The number of ether oxygens (including phenoxy) is 1. The van der Waals surface area contributed by atoms with E-state index in [0.29, 0.717) is 0 Å². The maximum Gasteiger partial charge on any atom is 0.321 e. The van der Waals surface area contributed by atoms with Crippen molar-refractivity contribution in [3.05, 3.63) is 30.1 Å². The van der Waals surface area contributed by atoms with Gasteiger partial charge in [0.2, 0.25) is 0 Å². The summed E-state index contributed by atoms with van der Waals surface area (Å²) in [6.45, 7) is 4.66. The van der Waals surface area contributed by atoms with Crippen LogP contribution in [0.5, 0.6) is 0 Å². The molecule has 0 aliphatic carbocycles. The van der Waals surface area contributed by atoms with Gasteiger partial charge < -0.3 is 10.1 Å². The number of amides is 3. The standard InChI is InChI=1S/C16H21FN2O6S/c1-10(2)18-16(22)19-15(21)11(3)25-14(20)8-9-26(23,24)13-6-4-12(17)5-7-13/h4-7,10-11H,8-9H2,1-3H3,(H2,18,19,21,22)/t11-/m0/s1. The van der Waals surface area contributed by atoms with Gasteiger partial charge >= 0.3 is 12.0 Å². The van der Waals surface area contributed by atoms with Crippen molar-refractivity contribution >= 4 is 27.7 Å². The molecule has 10 heteroatoms. The van der Waals surface area contributed by atoms with Crippen molar-refractivity contribution in [2.24, 2.45) is 0 Å². The predicted molar refractivity (Wildman–Crippen MR) is 90.4 cm³/mol. The van der Waals surface area contributed by atoms with Crippen molar-refractivity contribution in [2.75, 3.05) is 5.75 Å². The number of carbonyl (C=O) groups excluding carboxylic acids is 3. The molecular weight excluding hydrogens is 367 g/mol. The molecule has 1 atom stereocenters. The van der Waals surface area contributed by atoms with E-state index in [0.717, 1.165) is 24.3 Å². The van der Waals surface area contributed by atoms with Gasteiger partial charge in [0.05, 0.1) is 17.1 Å².